The Morgan fingerprint density at radius 3 is 2.24 bits per heavy atom. The molecule has 1 aromatic carbocycles. The van der Waals surface area contributed by atoms with Crippen molar-refractivity contribution >= 4 is 0 Å². The summed E-state index contributed by atoms with van der Waals surface area (Å²) in [4.78, 5) is 9.07. The number of benzene rings is 1. The fraction of sp³-hybridized carbons (Fsp3) is 0.677. The van der Waals surface area contributed by atoms with Gasteiger partial charge in [-0.05, 0) is 48.8 Å². The smallest absolute Gasteiger partial charge is 0.128 e. The van der Waals surface area contributed by atoms with Gasteiger partial charge in [0.2, 0.25) is 0 Å². The lowest BCUT2D eigenvalue weighted by Gasteiger charge is -2.27. The highest BCUT2D eigenvalue weighted by atomic mass is 16.5. The zero-order valence-corrected chi connectivity index (χ0v) is 21.9. The van der Waals surface area contributed by atoms with Gasteiger partial charge < -0.3 is 4.74 Å². The van der Waals surface area contributed by atoms with Crippen LogP contribution >= 0.6 is 0 Å². The highest BCUT2D eigenvalue weighted by molar-refractivity contribution is 5.69. The molecule has 1 heterocycles. The maximum atomic E-state index is 6.26. The zero-order chi connectivity index (χ0) is 23.8. The van der Waals surface area contributed by atoms with Crippen molar-refractivity contribution < 1.29 is 4.74 Å². The van der Waals surface area contributed by atoms with Crippen LogP contribution in [0.5, 0.6) is 5.75 Å². The quantitative estimate of drug-likeness (QED) is 0.232. The number of nitrogens with zero attached hydrogens (tertiary/aromatic N) is 2. The number of ether oxygens (including phenoxy) is 1. The van der Waals surface area contributed by atoms with E-state index in [1.165, 1.54) is 95.5 Å². The van der Waals surface area contributed by atoms with Gasteiger partial charge in [0.1, 0.15) is 12.1 Å². The van der Waals surface area contributed by atoms with E-state index < -0.39 is 0 Å². The summed E-state index contributed by atoms with van der Waals surface area (Å²) in [5.41, 5.74) is 3.43. The van der Waals surface area contributed by atoms with Gasteiger partial charge in [-0.15, -0.1) is 0 Å². The minimum Gasteiger partial charge on any atom is -0.493 e. The molecule has 3 heteroatoms. The lowest BCUT2D eigenvalue weighted by molar-refractivity contribution is 0.259. The molecule has 0 amide bonds. The molecule has 1 aliphatic rings. The van der Waals surface area contributed by atoms with Crippen LogP contribution in [0, 0.1) is 11.8 Å². The van der Waals surface area contributed by atoms with Crippen molar-refractivity contribution in [3.8, 4) is 17.0 Å². The molecule has 0 saturated heterocycles. The van der Waals surface area contributed by atoms with Gasteiger partial charge in [-0.1, -0.05) is 109 Å². The predicted molar refractivity (Wildman–Crippen MR) is 144 cm³/mol. The minimum atomic E-state index is 0.786. The Kier molecular flexibility index (Phi) is 12.5. The standard InChI is InChI=1S/C31H48N2O/c1-3-5-6-7-8-9-10-11-14-23-34-30-16-13-12-15-29(30)31-28(24-32-25-33-31)22-21-27-19-17-26(4-2)18-20-27/h12-13,15-16,24-27H,3-11,14,17-23H2,1-2H3. The van der Waals surface area contributed by atoms with Crippen LogP contribution in [0.25, 0.3) is 11.3 Å². The summed E-state index contributed by atoms with van der Waals surface area (Å²) in [6, 6.07) is 8.42. The van der Waals surface area contributed by atoms with Crippen LogP contribution in [-0.2, 0) is 6.42 Å². The van der Waals surface area contributed by atoms with E-state index in [1.807, 2.05) is 6.20 Å². The van der Waals surface area contributed by atoms with Crippen LogP contribution < -0.4 is 4.74 Å². The van der Waals surface area contributed by atoms with Crippen LogP contribution in [0.3, 0.4) is 0 Å². The van der Waals surface area contributed by atoms with Crippen LogP contribution in [0.15, 0.2) is 36.8 Å². The van der Waals surface area contributed by atoms with Crippen LogP contribution in [0.2, 0.25) is 0 Å². The molecule has 2 aromatic rings. The molecule has 34 heavy (non-hydrogen) atoms. The molecular formula is C31H48N2O. The van der Waals surface area contributed by atoms with E-state index in [9.17, 15) is 0 Å². The molecule has 0 aliphatic heterocycles. The molecule has 0 atom stereocenters. The normalized spacial score (nSPS) is 18.2. The van der Waals surface area contributed by atoms with E-state index in [-0.39, 0.29) is 0 Å². The zero-order valence-electron chi connectivity index (χ0n) is 21.9. The lowest BCUT2D eigenvalue weighted by atomic mass is 9.78. The van der Waals surface area contributed by atoms with Crippen LogP contribution in [0.4, 0.5) is 0 Å². The third-order valence-electron chi connectivity index (χ3n) is 7.80. The van der Waals surface area contributed by atoms with Gasteiger partial charge >= 0.3 is 0 Å². The Bertz CT molecular complexity index is 798. The average Bonchev–Trinajstić information content (AvgIpc) is 2.89. The third-order valence-corrected chi connectivity index (χ3v) is 7.80. The molecule has 0 bridgehead atoms. The van der Waals surface area contributed by atoms with Crippen LogP contribution in [-0.4, -0.2) is 16.6 Å². The van der Waals surface area contributed by atoms with Gasteiger partial charge in [-0.2, -0.15) is 0 Å². The van der Waals surface area contributed by atoms with E-state index in [1.54, 1.807) is 6.33 Å². The van der Waals surface area contributed by atoms with Crippen molar-refractivity contribution in [1.29, 1.82) is 0 Å². The van der Waals surface area contributed by atoms with Crippen molar-refractivity contribution in [1.82, 2.24) is 9.97 Å². The summed E-state index contributed by atoms with van der Waals surface area (Å²) in [6.45, 7) is 5.41. The molecule has 1 saturated carbocycles. The molecule has 0 unspecified atom stereocenters. The highest BCUT2D eigenvalue weighted by Crippen LogP contribution is 2.35. The van der Waals surface area contributed by atoms with E-state index in [4.69, 9.17) is 9.72 Å². The summed E-state index contributed by atoms with van der Waals surface area (Å²) >= 11 is 0. The molecule has 3 rings (SSSR count). The molecular weight excluding hydrogens is 416 g/mol. The van der Waals surface area contributed by atoms with E-state index in [0.29, 0.717) is 0 Å². The van der Waals surface area contributed by atoms with Gasteiger partial charge in [-0.25, -0.2) is 9.97 Å². The highest BCUT2D eigenvalue weighted by Gasteiger charge is 2.21. The number of rotatable bonds is 16. The molecule has 1 aromatic heterocycles. The fourth-order valence-corrected chi connectivity index (χ4v) is 5.45. The molecule has 1 fully saturated rings. The van der Waals surface area contributed by atoms with Crippen molar-refractivity contribution in [2.24, 2.45) is 11.8 Å². The van der Waals surface area contributed by atoms with Gasteiger partial charge in [0.05, 0.1) is 12.3 Å². The summed E-state index contributed by atoms with van der Waals surface area (Å²) < 4.78 is 6.26. The van der Waals surface area contributed by atoms with Crippen molar-refractivity contribution in [3.05, 3.63) is 42.4 Å². The maximum absolute atomic E-state index is 6.26. The molecule has 188 valence electrons. The molecule has 0 radical (unpaired) electrons. The second kappa shape index (κ2) is 15.9. The summed E-state index contributed by atoms with van der Waals surface area (Å²) in [5.74, 6) is 2.78. The van der Waals surface area contributed by atoms with Gasteiger partial charge in [0, 0.05) is 11.8 Å². The van der Waals surface area contributed by atoms with Crippen molar-refractivity contribution in [3.63, 3.8) is 0 Å². The number of hydrogen-bond acceptors (Lipinski definition) is 3. The molecule has 3 nitrogen and oxygen atoms in total. The first kappa shape index (κ1) is 26.7. The number of aryl methyl sites for hydroxylation is 1. The SMILES string of the molecule is CCCCCCCCCCCOc1ccccc1-c1ncncc1CCC1CCC(CC)CC1. The van der Waals surface area contributed by atoms with E-state index in [2.05, 4.69) is 43.1 Å². The van der Waals surface area contributed by atoms with Gasteiger partial charge in [-0.3, -0.25) is 0 Å². The first-order valence-electron chi connectivity index (χ1n) is 14.3. The number of hydrogen-bond donors (Lipinski definition) is 0. The Balaban J connectivity index is 1.47. The number of unbranched alkanes of at least 4 members (excludes halogenated alkanes) is 8. The number of aromatic nitrogens is 2. The molecule has 0 spiro atoms. The lowest BCUT2D eigenvalue weighted by Crippen LogP contribution is -2.14. The first-order chi connectivity index (χ1) is 16.8. The Hall–Kier alpha value is -1.90. The topological polar surface area (TPSA) is 35.0 Å². The largest absolute Gasteiger partial charge is 0.493 e. The Morgan fingerprint density at radius 1 is 0.824 bits per heavy atom. The van der Waals surface area contributed by atoms with Gasteiger partial charge in [0.25, 0.3) is 0 Å². The first-order valence-corrected chi connectivity index (χ1v) is 14.3. The molecule has 1 aliphatic carbocycles. The summed E-state index contributed by atoms with van der Waals surface area (Å²) in [6.07, 6.45) is 25.0. The maximum Gasteiger partial charge on any atom is 0.128 e. The van der Waals surface area contributed by atoms with Crippen LogP contribution in [0.1, 0.15) is 116 Å². The third kappa shape index (κ3) is 9.04. The van der Waals surface area contributed by atoms with Gasteiger partial charge in [0.15, 0.2) is 0 Å². The minimum absolute atomic E-state index is 0.786. The monoisotopic (exact) mass is 464 g/mol. The fourth-order valence-electron chi connectivity index (χ4n) is 5.45. The number of para-hydroxylation sites is 1. The Labute approximate surface area is 209 Å². The Morgan fingerprint density at radius 2 is 1.50 bits per heavy atom. The average molecular weight is 465 g/mol. The van der Waals surface area contributed by atoms with E-state index >= 15 is 0 Å². The second-order valence-corrected chi connectivity index (χ2v) is 10.4. The summed E-state index contributed by atoms with van der Waals surface area (Å²) in [5, 5.41) is 0. The van der Waals surface area contributed by atoms with Crippen molar-refractivity contribution in [2.75, 3.05) is 6.61 Å². The predicted octanol–water partition coefficient (Wildman–Crippen LogP) is 9.20. The summed E-state index contributed by atoms with van der Waals surface area (Å²) in [7, 11) is 0. The van der Waals surface area contributed by atoms with E-state index in [0.717, 1.165) is 48.3 Å². The molecule has 0 N–H and O–H groups in total. The second-order valence-electron chi connectivity index (χ2n) is 10.4. The van der Waals surface area contributed by atoms with Crippen molar-refractivity contribution in [2.45, 2.75) is 117 Å².